The zero-order chi connectivity index (χ0) is 21.6. The molecule has 2 aliphatic rings. The van der Waals surface area contributed by atoms with Gasteiger partial charge in [0.25, 0.3) is 0 Å². The van der Waals surface area contributed by atoms with Crippen LogP contribution in [-0.4, -0.2) is 66.4 Å². The second kappa shape index (κ2) is 10.4. The predicted molar refractivity (Wildman–Crippen MR) is 121 cm³/mol. The molecule has 0 radical (unpaired) electrons. The lowest BCUT2D eigenvalue weighted by Crippen LogP contribution is -2.59. The third kappa shape index (κ3) is 6.57. The number of rotatable bonds is 6. The Hall–Kier alpha value is -1.86. The van der Waals surface area contributed by atoms with Gasteiger partial charge in [0.15, 0.2) is 0 Å². The topological polar surface area (TPSA) is 69.7 Å². The number of carbonyl (C=O) groups excluding carboxylic acids is 1. The molecule has 2 fully saturated rings. The molecule has 2 aliphatic heterocycles. The molecule has 1 aromatic rings. The van der Waals surface area contributed by atoms with Crippen LogP contribution in [0.5, 0.6) is 0 Å². The SMILES string of the molecule is CC1CN(C(C)(C)CNC(=O)NCc2ccnc(N3CCCCCC3)c2)CC(C)O1. The standard InChI is InChI=1S/C23H39N5O2/c1-18-15-28(16-19(2)30-18)23(3,4)17-26-22(29)25-14-20-9-10-24-21(13-20)27-11-7-5-6-8-12-27/h9-10,13,18-19H,5-8,11-12,14-17H2,1-4H3,(H2,25,26,29). The van der Waals surface area contributed by atoms with Gasteiger partial charge in [-0.15, -0.1) is 0 Å². The average molecular weight is 418 g/mol. The highest BCUT2D eigenvalue weighted by atomic mass is 16.5. The van der Waals surface area contributed by atoms with E-state index in [1.54, 1.807) is 0 Å². The van der Waals surface area contributed by atoms with E-state index in [0.29, 0.717) is 13.1 Å². The number of pyridine rings is 1. The van der Waals surface area contributed by atoms with Crippen molar-refractivity contribution in [3.05, 3.63) is 23.9 Å². The number of morpholine rings is 1. The van der Waals surface area contributed by atoms with Crippen LogP contribution in [-0.2, 0) is 11.3 Å². The number of nitrogens with zero attached hydrogens (tertiary/aromatic N) is 3. The van der Waals surface area contributed by atoms with E-state index in [-0.39, 0.29) is 23.8 Å². The van der Waals surface area contributed by atoms with Crippen molar-refractivity contribution in [1.82, 2.24) is 20.5 Å². The summed E-state index contributed by atoms with van der Waals surface area (Å²) in [7, 11) is 0. The van der Waals surface area contributed by atoms with Crippen molar-refractivity contribution in [3.63, 3.8) is 0 Å². The first-order valence-corrected chi connectivity index (χ1v) is 11.5. The number of urea groups is 1. The molecule has 0 spiro atoms. The van der Waals surface area contributed by atoms with Crippen LogP contribution in [0.2, 0.25) is 0 Å². The molecule has 2 saturated heterocycles. The Morgan fingerprint density at radius 3 is 2.47 bits per heavy atom. The van der Waals surface area contributed by atoms with Crippen molar-refractivity contribution in [2.75, 3.05) is 37.6 Å². The monoisotopic (exact) mass is 417 g/mol. The van der Waals surface area contributed by atoms with Crippen molar-refractivity contribution in [3.8, 4) is 0 Å². The normalized spacial score (nSPS) is 23.7. The zero-order valence-electron chi connectivity index (χ0n) is 19.1. The lowest BCUT2D eigenvalue weighted by Gasteiger charge is -2.45. The molecule has 7 nitrogen and oxygen atoms in total. The molecule has 0 bridgehead atoms. The van der Waals surface area contributed by atoms with Gasteiger partial charge in [0.1, 0.15) is 5.82 Å². The Bertz CT molecular complexity index is 678. The molecular weight excluding hydrogens is 378 g/mol. The first-order chi connectivity index (χ1) is 14.3. The minimum Gasteiger partial charge on any atom is -0.373 e. The number of ether oxygens (including phenoxy) is 1. The lowest BCUT2D eigenvalue weighted by molar-refractivity contribution is -0.0947. The molecule has 0 aliphatic carbocycles. The van der Waals surface area contributed by atoms with Gasteiger partial charge in [0.2, 0.25) is 0 Å². The van der Waals surface area contributed by atoms with Gasteiger partial charge in [-0.1, -0.05) is 12.8 Å². The molecule has 7 heteroatoms. The molecule has 3 rings (SSSR count). The summed E-state index contributed by atoms with van der Waals surface area (Å²) in [5.74, 6) is 1.02. The van der Waals surface area contributed by atoms with Gasteiger partial charge in [0.05, 0.1) is 12.2 Å². The third-order valence-corrected chi connectivity index (χ3v) is 6.15. The highest BCUT2D eigenvalue weighted by Crippen LogP contribution is 2.21. The zero-order valence-corrected chi connectivity index (χ0v) is 19.1. The largest absolute Gasteiger partial charge is 0.373 e. The van der Waals surface area contributed by atoms with E-state index in [0.717, 1.165) is 37.6 Å². The number of aromatic nitrogens is 1. The van der Waals surface area contributed by atoms with Crippen LogP contribution in [0.4, 0.5) is 10.6 Å². The Morgan fingerprint density at radius 2 is 1.80 bits per heavy atom. The number of hydrogen-bond donors (Lipinski definition) is 2. The van der Waals surface area contributed by atoms with E-state index in [1.807, 2.05) is 12.3 Å². The molecule has 168 valence electrons. The van der Waals surface area contributed by atoms with Crippen molar-refractivity contribution < 1.29 is 9.53 Å². The maximum atomic E-state index is 12.4. The summed E-state index contributed by atoms with van der Waals surface area (Å²) in [6, 6.07) is 3.94. The van der Waals surface area contributed by atoms with Crippen molar-refractivity contribution >= 4 is 11.8 Å². The molecule has 3 heterocycles. The second-order valence-corrected chi connectivity index (χ2v) is 9.43. The Labute approximate surface area is 181 Å². The van der Waals surface area contributed by atoms with E-state index in [9.17, 15) is 4.79 Å². The fraction of sp³-hybridized carbons (Fsp3) is 0.739. The second-order valence-electron chi connectivity index (χ2n) is 9.43. The molecule has 30 heavy (non-hydrogen) atoms. The minimum atomic E-state index is -0.134. The van der Waals surface area contributed by atoms with Gasteiger partial charge < -0.3 is 20.3 Å². The van der Waals surface area contributed by atoms with Crippen LogP contribution in [0.3, 0.4) is 0 Å². The third-order valence-electron chi connectivity index (χ3n) is 6.15. The summed E-state index contributed by atoms with van der Waals surface area (Å²) in [4.78, 5) is 21.7. The minimum absolute atomic E-state index is 0.125. The summed E-state index contributed by atoms with van der Waals surface area (Å²) >= 11 is 0. The van der Waals surface area contributed by atoms with Crippen LogP contribution < -0.4 is 15.5 Å². The molecule has 2 unspecified atom stereocenters. The lowest BCUT2D eigenvalue weighted by atomic mass is 10.00. The van der Waals surface area contributed by atoms with Gasteiger partial charge in [-0.3, -0.25) is 4.90 Å². The number of nitrogens with one attached hydrogen (secondary N) is 2. The number of hydrogen-bond acceptors (Lipinski definition) is 5. The highest BCUT2D eigenvalue weighted by Gasteiger charge is 2.33. The number of carbonyl (C=O) groups is 1. The summed E-state index contributed by atoms with van der Waals surface area (Å²) in [6.45, 7) is 13.6. The van der Waals surface area contributed by atoms with E-state index >= 15 is 0 Å². The van der Waals surface area contributed by atoms with Gasteiger partial charge in [0, 0.05) is 51.0 Å². The van der Waals surface area contributed by atoms with Gasteiger partial charge >= 0.3 is 6.03 Å². The van der Waals surface area contributed by atoms with E-state index in [1.165, 1.54) is 25.7 Å². The van der Waals surface area contributed by atoms with Crippen LogP contribution in [0.15, 0.2) is 18.3 Å². The maximum absolute atomic E-state index is 12.4. The number of anilines is 1. The van der Waals surface area contributed by atoms with E-state index < -0.39 is 0 Å². The summed E-state index contributed by atoms with van der Waals surface area (Å²) in [6.07, 6.45) is 7.33. The van der Waals surface area contributed by atoms with Crippen molar-refractivity contribution in [1.29, 1.82) is 0 Å². The molecule has 1 aromatic heterocycles. The van der Waals surface area contributed by atoms with Gasteiger partial charge in [-0.2, -0.15) is 0 Å². The Morgan fingerprint density at radius 1 is 1.13 bits per heavy atom. The summed E-state index contributed by atoms with van der Waals surface area (Å²) < 4.78 is 5.84. The van der Waals surface area contributed by atoms with Crippen molar-refractivity contribution in [2.24, 2.45) is 0 Å². The first-order valence-electron chi connectivity index (χ1n) is 11.5. The number of amides is 2. The molecule has 2 N–H and O–H groups in total. The van der Waals surface area contributed by atoms with Crippen LogP contribution in [0, 0.1) is 0 Å². The molecular formula is C23H39N5O2. The molecule has 0 saturated carbocycles. The fourth-order valence-electron chi connectivity index (χ4n) is 4.37. The smallest absolute Gasteiger partial charge is 0.315 e. The first kappa shape index (κ1) is 22.8. The summed E-state index contributed by atoms with van der Waals surface area (Å²) in [5.41, 5.74) is 0.953. The molecule has 0 aromatic carbocycles. The van der Waals surface area contributed by atoms with E-state index in [2.05, 4.69) is 59.2 Å². The maximum Gasteiger partial charge on any atom is 0.315 e. The molecule has 2 atom stereocenters. The van der Waals surface area contributed by atoms with E-state index in [4.69, 9.17) is 4.74 Å². The Kier molecular flexibility index (Phi) is 7.94. The molecule has 2 amide bonds. The predicted octanol–water partition coefficient (Wildman–Crippen LogP) is 3.15. The average Bonchev–Trinajstić information content (AvgIpc) is 3.00. The quantitative estimate of drug-likeness (QED) is 0.744. The van der Waals surface area contributed by atoms with Crippen LogP contribution in [0.1, 0.15) is 58.9 Å². The highest BCUT2D eigenvalue weighted by molar-refractivity contribution is 5.73. The fourth-order valence-corrected chi connectivity index (χ4v) is 4.37. The summed E-state index contributed by atoms with van der Waals surface area (Å²) in [5, 5.41) is 6.04. The van der Waals surface area contributed by atoms with Crippen LogP contribution >= 0.6 is 0 Å². The van der Waals surface area contributed by atoms with Crippen LogP contribution in [0.25, 0.3) is 0 Å². The Balaban J connectivity index is 1.47. The van der Waals surface area contributed by atoms with Crippen molar-refractivity contribution in [2.45, 2.75) is 77.7 Å². The van der Waals surface area contributed by atoms with Gasteiger partial charge in [-0.25, -0.2) is 9.78 Å². The van der Waals surface area contributed by atoms with Gasteiger partial charge in [-0.05, 0) is 58.2 Å².